The van der Waals surface area contributed by atoms with Gasteiger partial charge in [0.2, 0.25) is 0 Å². The van der Waals surface area contributed by atoms with Gasteiger partial charge in [-0.3, -0.25) is 0 Å². The van der Waals surface area contributed by atoms with E-state index in [1.165, 1.54) is 193 Å². The van der Waals surface area contributed by atoms with E-state index in [4.69, 9.17) is 9.47 Å². The van der Waals surface area contributed by atoms with Crippen LogP contribution in [0.15, 0.2) is 24.3 Å². The van der Waals surface area contributed by atoms with E-state index >= 15 is 0 Å². The highest BCUT2D eigenvalue weighted by Gasteiger charge is 2.40. The van der Waals surface area contributed by atoms with Gasteiger partial charge in [0.15, 0.2) is 0 Å². The molecule has 0 amide bonds. The Morgan fingerprint density at radius 1 is 0.404 bits per heavy atom. The van der Waals surface area contributed by atoms with Crippen molar-refractivity contribution in [2.75, 3.05) is 53.6 Å². The zero-order valence-corrected chi connectivity index (χ0v) is 32.8. The van der Waals surface area contributed by atoms with Gasteiger partial charge in [0.1, 0.15) is 0 Å². The lowest BCUT2D eigenvalue weighted by molar-refractivity contribution is -0.880. The summed E-state index contributed by atoms with van der Waals surface area (Å²) < 4.78 is 13.6. The first-order valence-electron chi connectivity index (χ1n) is 21.4. The number of quaternary nitrogens is 1. The molecule has 3 nitrogen and oxygen atoms in total. The lowest BCUT2D eigenvalue weighted by atomic mass is 9.98. The highest BCUT2D eigenvalue weighted by molar-refractivity contribution is 4.82. The minimum atomic E-state index is 0.652. The van der Waals surface area contributed by atoms with Crippen LogP contribution < -0.4 is 0 Å². The molecular formula is C44H86NO2+. The largest absolute Gasteiger partial charge is 0.381 e. The molecule has 1 rings (SSSR count). The molecule has 2 atom stereocenters. The first kappa shape index (κ1) is 44.4. The van der Waals surface area contributed by atoms with Gasteiger partial charge in [-0.2, -0.15) is 0 Å². The van der Waals surface area contributed by atoms with Gasteiger partial charge in [0, 0.05) is 25.0 Å². The summed E-state index contributed by atoms with van der Waals surface area (Å²) in [5, 5.41) is 0. The molecule has 3 heteroatoms. The van der Waals surface area contributed by atoms with Crippen LogP contribution in [0, 0.1) is 11.8 Å². The number of ether oxygens (including phenoxy) is 2. The normalized spacial score (nSPS) is 18.0. The van der Waals surface area contributed by atoms with E-state index in [2.05, 4.69) is 52.2 Å². The Morgan fingerprint density at radius 3 is 1.00 bits per heavy atom. The van der Waals surface area contributed by atoms with Crippen LogP contribution in [0.5, 0.6) is 0 Å². The molecule has 0 saturated carbocycles. The van der Waals surface area contributed by atoms with E-state index in [1.807, 2.05) is 0 Å². The van der Waals surface area contributed by atoms with E-state index in [0.29, 0.717) is 11.8 Å². The van der Waals surface area contributed by atoms with Crippen molar-refractivity contribution in [3.63, 3.8) is 0 Å². The van der Waals surface area contributed by atoms with Crippen molar-refractivity contribution in [2.24, 2.45) is 11.8 Å². The number of hydrogen-bond acceptors (Lipinski definition) is 2. The van der Waals surface area contributed by atoms with E-state index < -0.39 is 0 Å². The number of likely N-dealkylation sites (tertiary alicyclic amines) is 1. The molecule has 47 heavy (non-hydrogen) atoms. The van der Waals surface area contributed by atoms with Gasteiger partial charge in [-0.1, -0.05) is 154 Å². The van der Waals surface area contributed by atoms with Crippen molar-refractivity contribution in [3.05, 3.63) is 24.3 Å². The maximum absolute atomic E-state index is 6.22. The van der Waals surface area contributed by atoms with Crippen molar-refractivity contribution in [3.8, 4) is 0 Å². The number of allylic oxidation sites excluding steroid dienone is 4. The van der Waals surface area contributed by atoms with Crippen LogP contribution in [-0.2, 0) is 9.47 Å². The smallest absolute Gasteiger partial charge is 0.0839 e. The first-order valence-corrected chi connectivity index (χ1v) is 21.4. The molecule has 278 valence electrons. The van der Waals surface area contributed by atoms with E-state index in [9.17, 15) is 0 Å². The summed E-state index contributed by atoms with van der Waals surface area (Å²) in [6, 6.07) is 0. The lowest BCUT2D eigenvalue weighted by Crippen LogP contribution is -2.37. The Hall–Kier alpha value is -0.640. The molecule has 1 heterocycles. The van der Waals surface area contributed by atoms with Crippen molar-refractivity contribution in [1.29, 1.82) is 0 Å². The van der Waals surface area contributed by atoms with Gasteiger partial charge in [-0.05, 0) is 64.2 Å². The van der Waals surface area contributed by atoms with Gasteiger partial charge in [-0.15, -0.1) is 0 Å². The van der Waals surface area contributed by atoms with Crippen molar-refractivity contribution in [2.45, 2.75) is 194 Å². The summed E-state index contributed by atoms with van der Waals surface area (Å²) in [6.45, 7) is 10.8. The Labute approximate surface area is 296 Å². The van der Waals surface area contributed by atoms with Crippen LogP contribution in [0.25, 0.3) is 0 Å². The van der Waals surface area contributed by atoms with E-state index in [-0.39, 0.29) is 0 Å². The molecule has 1 saturated heterocycles. The predicted molar refractivity (Wildman–Crippen MR) is 209 cm³/mol. The Bertz CT molecular complexity index is 630. The molecule has 0 aromatic carbocycles. The monoisotopic (exact) mass is 661 g/mol. The van der Waals surface area contributed by atoms with Crippen LogP contribution in [0.4, 0.5) is 0 Å². The lowest BCUT2D eigenvalue weighted by Gasteiger charge is -2.23. The maximum atomic E-state index is 6.22. The SMILES string of the molecule is CCCCCCCCC=CCCCCCCCCOCC1C[N+](C)(C)CC1COCCCCCCCCC=CCCCCCCCC. The minimum absolute atomic E-state index is 0.652. The zero-order chi connectivity index (χ0) is 33.9. The maximum Gasteiger partial charge on any atom is 0.0839 e. The second kappa shape index (κ2) is 33.8. The van der Waals surface area contributed by atoms with Gasteiger partial charge < -0.3 is 14.0 Å². The van der Waals surface area contributed by atoms with Gasteiger partial charge in [0.25, 0.3) is 0 Å². The molecule has 2 unspecified atom stereocenters. The van der Waals surface area contributed by atoms with Crippen LogP contribution in [0.2, 0.25) is 0 Å². The third-order valence-electron chi connectivity index (χ3n) is 10.4. The average Bonchev–Trinajstić information content (AvgIpc) is 3.36. The summed E-state index contributed by atoms with van der Waals surface area (Å²) in [6.07, 6.45) is 47.8. The zero-order valence-electron chi connectivity index (χ0n) is 32.8. The Balaban J connectivity index is 1.91. The summed E-state index contributed by atoms with van der Waals surface area (Å²) in [5.74, 6) is 1.30. The molecule has 1 aliphatic rings. The summed E-state index contributed by atoms with van der Waals surface area (Å²) in [7, 11) is 4.76. The number of nitrogens with zero attached hydrogens (tertiary/aromatic N) is 1. The topological polar surface area (TPSA) is 18.5 Å². The molecular weight excluding hydrogens is 574 g/mol. The van der Waals surface area contributed by atoms with Crippen LogP contribution in [-0.4, -0.2) is 58.1 Å². The van der Waals surface area contributed by atoms with Crippen molar-refractivity contribution in [1.82, 2.24) is 0 Å². The molecule has 0 spiro atoms. The molecule has 0 aliphatic carbocycles. The summed E-state index contributed by atoms with van der Waals surface area (Å²) in [5.41, 5.74) is 0. The van der Waals surface area contributed by atoms with Crippen LogP contribution in [0.3, 0.4) is 0 Å². The van der Waals surface area contributed by atoms with Crippen molar-refractivity contribution >= 4 is 0 Å². The molecule has 0 radical (unpaired) electrons. The second-order valence-electron chi connectivity index (χ2n) is 15.8. The third-order valence-corrected chi connectivity index (χ3v) is 10.4. The number of unbranched alkanes of at least 4 members (excludes halogenated alkanes) is 24. The van der Waals surface area contributed by atoms with Gasteiger partial charge in [-0.25, -0.2) is 0 Å². The predicted octanol–water partition coefficient (Wildman–Crippen LogP) is 13.4. The highest BCUT2D eigenvalue weighted by Crippen LogP contribution is 2.28. The molecule has 1 aliphatic heterocycles. The van der Waals surface area contributed by atoms with Gasteiger partial charge >= 0.3 is 0 Å². The molecule has 0 bridgehead atoms. The van der Waals surface area contributed by atoms with E-state index in [0.717, 1.165) is 30.9 Å². The van der Waals surface area contributed by atoms with Crippen molar-refractivity contribution < 1.29 is 14.0 Å². The third kappa shape index (κ3) is 30.0. The van der Waals surface area contributed by atoms with E-state index in [1.54, 1.807) is 0 Å². The average molecular weight is 661 g/mol. The number of rotatable bonds is 36. The quantitative estimate of drug-likeness (QED) is 0.0378. The summed E-state index contributed by atoms with van der Waals surface area (Å²) in [4.78, 5) is 0. The fourth-order valence-corrected chi connectivity index (χ4v) is 7.39. The molecule has 1 fully saturated rings. The fraction of sp³-hybridized carbons (Fsp3) is 0.909. The fourth-order valence-electron chi connectivity index (χ4n) is 7.39. The minimum Gasteiger partial charge on any atom is -0.381 e. The first-order chi connectivity index (χ1) is 23.1. The molecule has 0 N–H and O–H groups in total. The molecule has 0 aromatic heterocycles. The number of hydrogen-bond donors (Lipinski definition) is 0. The van der Waals surface area contributed by atoms with Crippen LogP contribution >= 0.6 is 0 Å². The van der Waals surface area contributed by atoms with Crippen LogP contribution in [0.1, 0.15) is 194 Å². The Morgan fingerprint density at radius 2 is 0.681 bits per heavy atom. The molecule has 0 aromatic rings. The Kier molecular flexibility index (Phi) is 32.0. The standard InChI is InChI=1S/C44H86NO2/c1-5-7-9-11-13-15-17-19-21-23-25-27-29-31-33-35-37-46-41-43-39-45(3,4)40-44(43)42-47-38-36-34-32-30-28-26-24-22-20-18-16-14-12-10-8-6-2/h19-22,43-44H,5-18,23-42H2,1-4H3/q+1. The van der Waals surface area contributed by atoms with Gasteiger partial charge in [0.05, 0.1) is 40.4 Å². The summed E-state index contributed by atoms with van der Waals surface area (Å²) >= 11 is 0. The second-order valence-corrected chi connectivity index (χ2v) is 15.8. The highest BCUT2D eigenvalue weighted by atomic mass is 16.5.